The van der Waals surface area contributed by atoms with Crippen molar-refractivity contribution in [1.82, 2.24) is 10.2 Å². The summed E-state index contributed by atoms with van der Waals surface area (Å²) in [5, 5.41) is 11.9. The molecule has 0 saturated heterocycles. The van der Waals surface area contributed by atoms with Crippen LogP contribution in [0, 0.1) is 5.41 Å². The molecule has 2 fully saturated rings. The van der Waals surface area contributed by atoms with Gasteiger partial charge in [0.05, 0.1) is 6.42 Å². The lowest BCUT2D eigenvalue weighted by Gasteiger charge is -2.40. The summed E-state index contributed by atoms with van der Waals surface area (Å²) in [5.74, 6) is -0.846. The predicted octanol–water partition coefficient (Wildman–Crippen LogP) is 2.60. The van der Waals surface area contributed by atoms with E-state index < -0.39 is 5.97 Å². The van der Waals surface area contributed by atoms with Crippen molar-refractivity contribution in [3.8, 4) is 0 Å². The highest BCUT2D eigenvalue weighted by atomic mass is 16.4. The van der Waals surface area contributed by atoms with Crippen LogP contribution >= 0.6 is 0 Å². The fourth-order valence-corrected chi connectivity index (χ4v) is 3.05. The molecule has 2 saturated carbocycles. The zero-order chi connectivity index (χ0) is 14.8. The standard InChI is InChI=1S/C15H26N2O3/c1-15(2)9-4-3-5-12(15)16-14(20)17(11-6-7-11)10-8-13(18)19/h11-12H,3-10H2,1-2H3,(H,16,20)(H,18,19). The minimum atomic E-state index is -0.846. The first-order chi connectivity index (χ1) is 9.40. The van der Waals surface area contributed by atoms with Crippen LogP contribution in [-0.4, -0.2) is 40.6 Å². The Labute approximate surface area is 120 Å². The SMILES string of the molecule is CC1(C)CCCCC1NC(=O)N(CCC(=O)O)C1CC1. The fourth-order valence-electron chi connectivity index (χ4n) is 3.05. The molecule has 0 aliphatic heterocycles. The summed E-state index contributed by atoms with van der Waals surface area (Å²) in [6, 6.07) is 0.379. The van der Waals surface area contributed by atoms with Gasteiger partial charge in [0.1, 0.15) is 0 Å². The lowest BCUT2D eigenvalue weighted by Crippen LogP contribution is -2.52. The molecular formula is C15H26N2O3. The lowest BCUT2D eigenvalue weighted by atomic mass is 9.73. The molecule has 2 amide bonds. The van der Waals surface area contributed by atoms with Crippen molar-refractivity contribution < 1.29 is 14.7 Å². The Hall–Kier alpha value is -1.26. The van der Waals surface area contributed by atoms with Crippen LogP contribution in [0.15, 0.2) is 0 Å². The number of hydrogen-bond acceptors (Lipinski definition) is 2. The van der Waals surface area contributed by atoms with Crippen molar-refractivity contribution in [1.29, 1.82) is 0 Å². The molecule has 1 atom stereocenters. The number of rotatable bonds is 5. The third-order valence-corrected chi connectivity index (χ3v) is 4.62. The maximum absolute atomic E-state index is 12.4. The zero-order valence-corrected chi connectivity index (χ0v) is 12.5. The average Bonchev–Trinajstić information content (AvgIpc) is 3.16. The molecular weight excluding hydrogens is 256 g/mol. The van der Waals surface area contributed by atoms with E-state index in [1.54, 1.807) is 4.90 Å². The quantitative estimate of drug-likeness (QED) is 0.814. The van der Waals surface area contributed by atoms with Gasteiger partial charge in [-0.3, -0.25) is 4.79 Å². The Morgan fingerprint density at radius 2 is 1.95 bits per heavy atom. The molecule has 0 aromatic rings. The molecule has 0 bridgehead atoms. The van der Waals surface area contributed by atoms with Crippen LogP contribution in [0.5, 0.6) is 0 Å². The summed E-state index contributed by atoms with van der Waals surface area (Å²) in [7, 11) is 0. The smallest absolute Gasteiger partial charge is 0.317 e. The van der Waals surface area contributed by atoms with E-state index in [4.69, 9.17) is 5.11 Å². The second-order valence-electron chi connectivity index (χ2n) is 6.80. The number of nitrogens with zero attached hydrogens (tertiary/aromatic N) is 1. The number of nitrogens with one attached hydrogen (secondary N) is 1. The first-order valence-electron chi connectivity index (χ1n) is 7.69. The Morgan fingerprint density at radius 1 is 1.25 bits per heavy atom. The van der Waals surface area contributed by atoms with Crippen LogP contribution in [0.3, 0.4) is 0 Å². The van der Waals surface area contributed by atoms with Crippen molar-refractivity contribution in [2.45, 2.75) is 70.9 Å². The molecule has 2 N–H and O–H groups in total. The van der Waals surface area contributed by atoms with Crippen molar-refractivity contribution in [2.24, 2.45) is 5.41 Å². The van der Waals surface area contributed by atoms with Crippen molar-refractivity contribution in [3.05, 3.63) is 0 Å². The normalized spacial score (nSPS) is 25.0. The van der Waals surface area contributed by atoms with Crippen LogP contribution in [0.1, 0.15) is 58.8 Å². The summed E-state index contributed by atoms with van der Waals surface area (Å²) in [6.45, 7) is 4.73. The Bertz CT molecular complexity index is 377. The van der Waals surface area contributed by atoms with E-state index >= 15 is 0 Å². The summed E-state index contributed by atoms with van der Waals surface area (Å²) in [4.78, 5) is 24.8. The molecule has 114 valence electrons. The van der Waals surface area contributed by atoms with Crippen LogP contribution < -0.4 is 5.32 Å². The van der Waals surface area contributed by atoms with Crippen molar-refractivity contribution in [2.75, 3.05) is 6.54 Å². The monoisotopic (exact) mass is 282 g/mol. The molecule has 1 unspecified atom stereocenters. The highest BCUT2D eigenvalue weighted by molar-refractivity contribution is 5.76. The molecule has 2 aliphatic carbocycles. The van der Waals surface area contributed by atoms with Gasteiger partial charge >= 0.3 is 12.0 Å². The number of aliphatic carboxylic acids is 1. The molecule has 20 heavy (non-hydrogen) atoms. The van der Waals surface area contributed by atoms with Crippen LogP contribution in [0.2, 0.25) is 0 Å². The molecule has 2 rings (SSSR count). The Balaban J connectivity index is 1.92. The van der Waals surface area contributed by atoms with E-state index in [1.165, 1.54) is 6.42 Å². The molecule has 0 aromatic heterocycles. The van der Waals surface area contributed by atoms with E-state index in [9.17, 15) is 9.59 Å². The number of carbonyl (C=O) groups is 2. The lowest BCUT2D eigenvalue weighted by molar-refractivity contribution is -0.137. The van der Waals surface area contributed by atoms with Gasteiger partial charge in [0.15, 0.2) is 0 Å². The van der Waals surface area contributed by atoms with Gasteiger partial charge in [0, 0.05) is 18.6 Å². The van der Waals surface area contributed by atoms with Gasteiger partial charge < -0.3 is 15.3 Å². The summed E-state index contributed by atoms with van der Waals surface area (Å²) < 4.78 is 0. The van der Waals surface area contributed by atoms with E-state index in [2.05, 4.69) is 19.2 Å². The maximum Gasteiger partial charge on any atom is 0.317 e. The van der Waals surface area contributed by atoms with E-state index in [0.717, 1.165) is 32.1 Å². The second-order valence-corrected chi connectivity index (χ2v) is 6.80. The molecule has 5 heteroatoms. The third-order valence-electron chi connectivity index (χ3n) is 4.62. The minimum Gasteiger partial charge on any atom is -0.481 e. The van der Waals surface area contributed by atoms with Crippen LogP contribution in [-0.2, 0) is 4.79 Å². The highest BCUT2D eigenvalue weighted by Gasteiger charge is 2.37. The second kappa shape index (κ2) is 6.02. The number of amides is 2. The molecule has 0 heterocycles. The molecule has 5 nitrogen and oxygen atoms in total. The first-order valence-corrected chi connectivity index (χ1v) is 7.69. The topological polar surface area (TPSA) is 69.6 Å². The minimum absolute atomic E-state index is 0.0258. The largest absolute Gasteiger partial charge is 0.481 e. The number of carboxylic acids is 1. The van der Waals surface area contributed by atoms with Crippen LogP contribution in [0.4, 0.5) is 4.79 Å². The Morgan fingerprint density at radius 3 is 2.50 bits per heavy atom. The van der Waals surface area contributed by atoms with Gasteiger partial charge in [-0.1, -0.05) is 26.7 Å². The zero-order valence-electron chi connectivity index (χ0n) is 12.5. The Kier molecular flexibility index (Phi) is 4.55. The third kappa shape index (κ3) is 3.87. The van der Waals surface area contributed by atoms with E-state index in [-0.39, 0.29) is 30.0 Å². The van der Waals surface area contributed by atoms with Gasteiger partial charge in [-0.2, -0.15) is 0 Å². The van der Waals surface area contributed by atoms with Gasteiger partial charge in [0.25, 0.3) is 0 Å². The molecule has 0 radical (unpaired) electrons. The number of carbonyl (C=O) groups excluding carboxylic acids is 1. The molecule has 0 spiro atoms. The van der Waals surface area contributed by atoms with E-state index in [0.29, 0.717) is 6.54 Å². The average molecular weight is 282 g/mol. The number of hydrogen-bond donors (Lipinski definition) is 2. The summed E-state index contributed by atoms with van der Waals surface area (Å²) in [5.41, 5.74) is 0.135. The number of carboxylic acid groups (broad SMARTS) is 1. The highest BCUT2D eigenvalue weighted by Crippen LogP contribution is 2.36. The van der Waals surface area contributed by atoms with Crippen molar-refractivity contribution >= 4 is 12.0 Å². The predicted molar refractivity (Wildman–Crippen MR) is 76.5 cm³/mol. The van der Waals surface area contributed by atoms with Gasteiger partial charge in [-0.25, -0.2) is 4.79 Å². The first kappa shape index (κ1) is 15.1. The van der Waals surface area contributed by atoms with Gasteiger partial charge in [-0.15, -0.1) is 0 Å². The van der Waals surface area contributed by atoms with Gasteiger partial charge in [-0.05, 0) is 31.1 Å². The summed E-state index contributed by atoms with van der Waals surface area (Å²) >= 11 is 0. The summed E-state index contributed by atoms with van der Waals surface area (Å²) in [6.07, 6.45) is 6.57. The van der Waals surface area contributed by atoms with Gasteiger partial charge in [0.2, 0.25) is 0 Å². The van der Waals surface area contributed by atoms with Crippen molar-refractivity contribution in [3.63, 3.8) is 0 Å². The maximum atomic E-state index is 12.4. The number of urea groups is 1. The van der Waals surface area contributed by atoms with E-state index in [1.807, 2.05) is 0 Å². The molecule has 2 aliphatic rings. The fraction of sp³-hybridized carbons (Fsp3) is 0.867. The molecule has 0 aromatic carbocycles. The van der Waals surface area contributed by atoms with Crippen LogP contribution in [0.25, 0.3) is 0 Å².